The Kier molecular flexibility index (Phi) is 5.63. The van der Waals surface area contributed by atoms with Gasteiger partial charge in [-0.1, -0.05) is 38.1 Å². The predicted molar refractivity (Wildman–Crippen MR) is 107 cm³/mol. The zero-order valence-corrected chi connectivity index (χ0v) is 16.3. The van der Waals surface area contributed by atoms with E-state index < -0.39 is 11.1 Å². The van der Waals surface area contributed by atoms with Gasteiger partial charge in [0.25, 0.3) is 0 Å². The van der Waals surface area contributed by atoms with E-state index in [-0.39, 0.29) is 5.41 Å². The van der Waals surface area contributed by atoms with Crippen LogP contribution in [0.5, 0.6) is 17.2 Å². The standard InChI is InChI=1S/C22H22O4S/c1-22(2,16-4-8-18(25-3)9-5-16)17-6-10-19(11-7-17)26-20-12-14-21(15-13-20)27(23)24/h4-15H,1-3H3,(H,23,24). The number of methoxy groups -OCH3 is 1. The SMILES string of the molecule is COc1ccc(C(C)(C)c2ccc(Oc3ccc(S(=O)O)cc3)cc2)cc1. The van der Waals surface area contributed by atoms with Crippen LogP contribution in [-0.4, -0.2) is 15.9 Å². The van der Waals surface area contributed by atoms with E-state index >= 15 is 0 Å². The maximum absolute atomic E-state index is 11.0. The Morgan fingerprint density at radius 3 is 1.56 bits per heavy atom. The topological polar surface area (TPSA) is 55.8 Å². The molecule has 0 aromatic heterocycles. The van der Waals surface area contributed by atoms with Gasteiger partial charge < -0.3 is 14.0 Å². The van der Waals surface area contributed by atoms with E-state index in [9.17, 15) is 4.21 Å². The van der Waals surface area contributed by atoms with E-state index in [1.807, 2.05) is 24.3 Å². The Morgan fingerprint density at radius 2 is 1.15 bits per heavy atom. The molecule has 0 aliphatic heterocycles. The van der Waals surface area contributed by atoms with Gasteiger partial charge in [-0.3, -0.25) is 0 Å². The molecule has 0 saturated heterocycles. The first kappa shape index (κ1) is 19.1. The molecular weight excluding hydrogens is 360 g/mol. The van der Waals surface area contributed by atoms with Crippen molar-refractivity contribution in [1.29, 1.82) is 0 Å². The highest BCUT2D eigenvalue weighted by molar-refractivity contribution is 7.79. The molecule has 0 radical (unpaired) electrons. The average Bonchev–Trinajstić information content (AvgIpc) is 2.69. The van der Waals surface area contributed by atoms with Gasteiger partial charge in [-0.05, 0) is 59.7 Å². The van der Waals surface area contributed by atoms with Crippen LogP contribution in [0.3, 0.4) is 0 Å². The summed E-state index contributed by atoms with van der Waals surface area (Å²) in [4.78, 5) is 0.346. The lowest BCUT2D eigenvalue weighted by Gasteiger charge is -2.26. The van der Waals surface area contributed by atoms with Gasteiger partial charge in [0.2, 0.25) is 0 Å². The van der Waals surface area contributed by atoms with Crippen LogP contribution in [0.1, 0.15) is 25.0 Å². The number of rotatable bonds is 6. The molecule has 27 heavy (non-hydrogen) atoms. The van der Waals surface area contributed by atoms with Gasteiger partial charge in [-0.15, -0.1) is 0 Å². The fraction of sp³-hybridized carbons (Fsp3) is 0.182. The van der Waals surface area contributed by atoms with Crippen molar-refractivity contribution in [2.45, 2.75) is 24.2 Å². The van der Waals surface area contributed by atoms with Crippen LogP contribution < -0.4 is 9.47 Å². The minimum absolute atomic E-state index is 0.155. The van der Waals surface area contributed by atoms with Gasteiger partial charge >= 0.3 is 0 Å². The van der Waals surface area contributed by atoms with E-state index in [0.29, 0.717) is 16.4 Å². The first-order valence-corrected chi connectivity index (χ1v) is 9.64. The van der Waals surface area contributed by atoms with E-state index in [1.165, 1.54) is 11.1 Å². The van der Waals surface area contributed by atoms with Crippen molar-refractivity contribution >= 4 is 11.1 Å². The summed E-state index contributed by atoms with van der Waals surface area (Å²) in [6.45, 7) is 4.36. The third-order valence-corrected chi connectivity index (χ3v) is 5.32. The van der Waals surface area contributed by atoms with Crippen LogP contribution >= 0.6 is 0 Å². The minimum Gasteiger partial charge on any atom is -0.497 e. The molecule has 1 atom stereocenters. The van der Waals surface area contributed by atoms with Crippen LogP contribution in [0.25, 0.3) is 0 Å². The number of benzene rings is 3. The Morgan fingerprint density at radius 1 is 0.741 bits per heavy atom. The van der Waals surface area contributed by atoms with Crippen molar-refractivity contribution in [2.24, 2.45) is 0 Å². The van der Waals surface area contributed by atoms with E-state index in [0.717, 1.165) is 5.75 Å². The monoisotopic (exact) mass is 382 g/mol. The first-order chi connectivity index (χ1) is 12.9. The van der Waals surface area contributed by atoms with Crippen LogP contribution in [-0.2, 0) is 16.5 Å². The Labute approximate surface area is 162 Å². The van der Waals surface area contributed by atoms with Crippen LogP contribution in [0.2, 0.25) is 0 Å². The highest BCUT2D eigenvalue weighted by atomic mass is 32.2. The molecule has 5 heteroatoms. The molecule has 4 nitrogen and oxygen atoms in total. The summed E-state index contributed by atoms with van der Waals surface area (Å²) in [5.41, 5.74) is 2.22. The molecule has 3 rings (SSSR count). The summed E-state index contributed by atoms with van der Waals surface area (Å²) in [5.74, 6) is 2.17. The fourth-order valence-electron chi connectivity index (χ4n) is 2.87. The average molecular weight is 382 g/mol. The molecule has 0 spiro atoms. The quantitative estimate of drug-likeness (QED) is 0.581. The van der Waals surface area contributed by atoms with Gasteiger partial charge in [0, 0.05) is 5.41 Å². The molecule has 3 aromatic rings. The molecule has 0 saturated carbocycles. The van der Waals surface area contributed by atoms with Crippen molar-refractivity contribution in [3.63, 3.8) is 0 Å². The van der Waals surface area contributed by atoms with Crippen LogP contribution in [0.4, 0.5) is 0 Å². The molecule has 0 fully saturated rings. The van der Waals surface area contributed by atoms with E-state index in [2.05, 4.69) is 38.1 Å². The maximum Gasteiger partial charge on any atom is 0.186 e. The number of ether oxygens (including phenoxy) is 2. The second-order valence-electron chi connectivity index (χ2n) is 6.70. The summed E-state index contributed by atoms with van der Waals surface area (Å²) in [7, 11) is 1.66. The molecular formula is C22H22O4S. The minimum atomic E-state index is -1.98. The van der Waals surface area contributed by atoms with Gasteiger partial charge in [0.1, 0.15) is 17.2 Å². The van der Waals surface area contributed by atoms with Crippen molar-refractivity contribution in [2.75, 3.05) is 7.11 Å². The second-order valence-corrected chi connectivity index (χ2v) is 7.67. The van der Waals surface area contributed by atoms with Gasteiger partial charge in [-0.25, -0.2) is 4.21 Å². The van der Waals surface area contributed by atoms with Crippen molar-refractivity contribution in [1.82, 2.24) is 0 Å². The zero-order chi connectivity index (χ0) is 19.4. The second kappa shape index (κ2) is 7.94. The summed E-state index contributed by atoms with van der Waals surface area (Å²) in [6.07, 6.45) is 0. The van der Waals surface area contributed by atoms with Gasteiger partial charge in [0.15, 0.2) is 11.1 Å². The summed E-state index contributed by atoms with van der Waals surface area (Å²) < 4.78 is 31.1. The Hall–Kier alpha value is -2.63. The molecule has 0 aliphatic rings. The van der Waals surface area contributed by atoms with Gasteiger partial charge in [-0.2, -0.15) is 0 Å². The number of hydrogen-bond donors (Lipinski definition) is 1. The lowest BCUT2D eigenvalue weighted by Crippen LogP contribution is -2.18. The predicted octanol–water partition coefficient (Wildman–Crippen LogP) is 5.39. The highest BCUT2D eigenvalue weighted by Crippen LogP contribution is 2.34. The van der Waals surface area contributed by atoms with Crippen molar-refractivity contribution in [3.05, 3.63) is 83.9 Å². The normalized spacial score (nSPS) is 12.4. The fourth-order valence-corrected chi connectivity index (χ4v) is 3.24. The van der Waals surface area contributed by atoms with Crippen LogP contribution in [0, 0.1) is 0 Å². The number of hydrogen-bond acceptors (Lipinski definition) is 3. The zero-order valence-electron chi connectivity index (χ0n) is 15.5. The van der Waals surface area contributed by atoms with Crippen LogP contribution in [0.15, 0.2) is 77.7 Å². The molecule has 0 heterocycles. The van der Waals surface area contributed by atoms with E-state index in [4.69, 9.17) is 14.0 Å². The summed E-state index contributed by atoms with van der Waals surface area (Å²) in [6, 6.07) is 22.6. The first-order valence-electron chi connectivity index (χ1n) is 8.54. The molecule has 1 unspecified atom stereocenters. The lowest BCUT2D eigenvalue weighted by molar-refractivity contribution is 0.414. The summed E-state index contributed by atoms with van der Waals surface area (Å²) in [5, 5.41) is 0. The van der Waals surface area contributed by atoms with E-state index in [1.54, 1.807) is 31.4 Å². The third kappa shape index (κ3) is 4.38. The molecule has 140 valence electrons. The third-order valence-electron chi connectivity index (χ3n) is 4.65. The van der Waals surface area contributed by atoms with Crippen molar-refractivity contribution in [3.8, 4) is 17.2 Å². The summed E-state index contributed by atoms with van der Waals surface area (Å²) >= 11 is -1.98. The molecule has 0 bridgehead atoms. The maximum atomic E-state index is 11.0. The van der Waals surface area contributed by atoms with Gasteiger partial charge in [0.05, 0.1) is 12.0 Å². The Bertz CT molecular complexity index is 914. The smallest absolute Gasteiger partial charge is 0.186 e. The largest absolute Gasteiger partial charge is 0.497 e. The molecule has 3 aromatic carbocycles. The molecule has 0 aliphatic carbocycles. The van der Waals surface area contributed by atoms with Crippen molar-refractivity contribution < 1.29 is 18.2 Å². The Balaban J connectivity index is 1.76. The highest BCUT2D eigenvalue weighted by Gasteiger charge is 2.23. The lowest BCUT2D eigenvalue weighted by atomic mass is 9.78. The molecule has 1 N–H and O–H groups in total. The molecule has 0 amide bonds.